The van der Waals surface area contributed by atoms with E-state index in [1.165, 1.54) is 0 Å². The standard InChI is InChI=1S/C22H17ClN4O3S/c23-17-7-1-4-15(12-17)13-26-20(10-11-24-26)25-21(28)14-27-18-8-2-5-16-6-3-9-19(22(16)18)31(27,29)30/h1-12H,13-14H2,(H,25,28). The number of rotatable bonds is 5. The van der Waals surface area contributed by atoms with E-state index >= 15 is 0 Å². The van der Waals surface area contributed by atoms with E-state index in [9.17, 15) is 13.2 Å². The van der Waals surface area contributed by atoms with E-state index < -0.39 is 15.9 Å². The summed E-state index contributed by atoms with van der Waals surface area (Å²) in [5.74, 6) is 0.0125. The van der Waals surface area contributed by atoms with Gasteiger partial charge in [-0.25, -0.2) is 13.1 Å². The lowest BCUT2D eigenvalue weighted by molar-refractivity contribution is -0.114. The number of carbonyl (C=O) groups is 1. The molecule has 0 saturated carbocycles. The zero-order valence-electron chi connectivity index (χ0n) is 16.2. The first-order chi connectivity index (χ1) is 14.9. The van der Waals surface area contributed by atoms with Gasteiger partial charge < -0.3 is 5.32 Å². The lowest BCUT2D eigenvalue weighted by Gasteiger charge is -2.18. The van der Waals surface area contributed by atoms with E-state index in [0.717, 1.165) is 15.3 Å². The number of hydrogen-bond acceptors (Lipinski definition) is 4. The van der Waals surface area contributed by atoms with Crippen LogP contribution in [0.25, 0.3) is 10.8 Å². The second kappa shape index (κ2) is 7.40. The average molecular weight is 453 g/mol. The maximum absolute atomic E-state index is 13.1. The number of aromatic nitrogens is 2. The van der Waals surface area contributed by atoms with Crippen molar-refractivity contribution in [2.24, 2.45) is 0 Å². The molecule has 5 rings (SSSR count). The third kappa shape index (κ3) is 3.43. The molecule has 1 aliphatic rings. The molecule has 31 heavy (non-hydrogen) atoms. The molecule has 2 heterocycles. The first-order valence-corrected chi connectivity index (χ1v) is 11.4. The third-order valence-corrected chi connectivity index (χ3v) is 7.21. The van der Waals surface area contributed by atoms with Crippen LogP contribution in [-0.2, 0) is 21.4 Å². The van der Waals surface area contributed by atoms with Crippen molar-refractivity contribution in [1.82, 2.24) is 9.78 Å². The van der Waals surface area contributed by atoms with Crippen LogP contribution < -0.4 is 9.62 Å². The van der Waals surface area contributed by atoms with Crippen LogP contribution in [-0.4, -0.2) is 30.7 Å². The highest BCUT2D eigenvalue weighted by Gasteiger charge is 2.36. The fraction of sp³-hybridized carbons (Fsp3) is 0.0909. The molecule has 3 aromatic carbocycles. The minimum atomic E-state index is -3.80. The summed E-state index contributed by atoms with van der Waals surface area (Å²) < 4.78 is 28.9. The molecule has 1 N–H and O–H groups in total. The molecule has 0 aliphatic carbocycles. The molecule has 0 saturated heterocycles. The molecule has 1 aromatic heterocycles. The molecule has 7 nitrogen and oxygen atoms in total. The molecule has 1 amide bonds. The predicted octanol–water partition coefficient (Wildman–Crippen LogP) is 3.89. The van der Waals surface area contributed by atoms with Crippen LogP contribution in [0.3, 0.4) is 0 Å². The highest BCUT2D eigenvalue weighted by Crippen LogP contribution is 2.41. The van der Waals surface area contributed by atoms with Crippen LogP contribution in [0.1, 0.15) is 5.56 Å². The van der Waals surface area contributed by atoms with Crippen LogP contribution >= 0.6 is 11.6 Å². The Labute approximate surface area is 183 Å². The van der Waals surface area contributed by atoms with Gasteiger partial charge in [-0.1, -0.05) is 48.0 Å². The Kier molecular flexibility index (Phi) is 4.68. The van der Waals surface area contributed by atoms with Gasteiger partial charge in [-0.05, 0) is 35.2 Å². The van der Waals surface area contributed by atoms with Crippen molar-refractivity contribution in [2.75, 3.05) is 16.2 Å². The van der Waals surface area contributed by atoms with E-state index in [2.05, 4.69) is 10.4 Å². The highest BCUT2D eigenvalue weighted by molar-refractivity contribution is 7.93. The van der Waals surface area contributed by atoms with Gasteiger partial charge in [0.25, 0.3) is 10.0 Å². The van der Waals surface area contributed by atoms with E-state index in [0.29, 0.717) is 28.5 Å². The zero-order valence-corrected chi connectivity index (χ0v) is 17.8. The first-order valence-electron chi connectivity index (χ1n) is 9.54. The summed E-state index contributed by atoms with van der Waals surface area (Å²) in [6, 6.07) is 19.5. The second-order valence-corrected chi connectivity index (χ2v) is 9.46. The third-order valence-electron chi connectivity index (χ3n) is 5.17. The van der Waals surface area contributed by atoms with Gasteiger partial charge in [0.05, 0.1) is 23.3 Å². The van der Waals surface area contributed by atoms with Gasteiger partial charge in [0.2, 0.25) is 5.91 Å². The fourth-order valence-electron chi connectivity index (χ4n) is 3.81. The molecule has 0 fully saturated rings. The number of nitrogens with zero attached hydrogens (tertiary/aromatic N) is 3. The fourth-order valence-corrected chi connectivity index (χ4v) is 5.69. The first kappa shape index (κ1) is 19.6. The smallest absolute Gasteiger partial charge is 0.265 e. The van der Waals surface area contributed by atoms with Gasteiger partial charge in [-0.3, -0.25) is 9.10 Å². The Morgan fingerprint density at radius 2 is 1.81 bits per heavy atom. The number of hydrogen-bond donors (Lipinski definition) is 1. The zero-order chi connectivity index (χ0) is 21.6. The Morgan fingerprint density at radius 3 is 2.61 bits per heavy atom. The minimum Gasteiger partial charge on any atom is -0.309 e. The Hall–Kier alpha value is -3.36. The van der Waals surface area contributed by atoms with Crippen molar-refractivity contribution in [3.05, 3.63) is 83.5 Å². The molecule has 4 aromatic rings. The van der Waals surface area contributed by atoms with Crippen molar-refractivity contribution in [2.45, 2.75) is 11.4 Å². The molecule has 0 bridgehead atoms. The molecule has 0 atom stereocenters. The topological polar surface area (TPSA) is 84.3 Å². The lowest BCUT2D eigenvalue weighted by Crippen LogP contribution is -2.36. The molecule has 9 heteroatoms. The largest absolute Gasteiger partial charge is 0.309 e. The van der Waals surface area contributed by atoms with Gasteiger partial charge in [0.1, 0.15) is 12.4 Å². The number of carbonyl (C=O) groups excluding carboxylic acids is 1. The number of benzene rings is 3. The van der Waals surface area contributed by atoms with Gasteiger partial charge >= 0.3 is 0 Å². The maximum atomic E-state index is 13.1. The quantitative estimate of drug-likeness (QED) is 0.498. The molecular formula is C22H17ClN4O3S. The van der Waals surface area contributed by atoms with Gasteiger partial charge in [0.15, 0.2) is 0 Å². The molecule has 0 unspecified atom stereocenters. The number of halogens is 1. The average Bonchev–Trinajstić information content (AvgIpc) is 3.25. The minimum absolute atomic E-state index is 0.222. The molecule has 0 spiro atoms. The monoisotopic (exact) mass is 452 g/mol. The summed E-state index contributed by atoms with van der Waals surface area (Å²) in [4.78, 5) is 13.0. The summed E-state index contributed by atoms with van der Waals surface area (Å²) >= 11 is 6.04. The Morgan fingerprint density at radius 1 is 1.03 bits per heavy atom. The van der Waals surface area contributed by atoms with Crippen molar-refractivity contribution in [3.63, 3.8) is 0 Å². The summed E-state index contributed by atoms with van der Waals surface area (Å²) in [6.45, 7) is 0.0778. The SMILES string of the molecule is O=C(CN1c2cccc3cccc(c23)S1(=O)=O)Nc1ccnn1Cc1cccc(Cl)c1. The van der Waals surface area contributed by atoms with Crippen molar-refractivity contribution < 1.29 is 13.2 Å². The van der Waals surface area contributed by atoms with Gasteiger partial charge in [-0.2, -0.15) is 5.10 Å². The molecule has 0 radical (unpaired) electrons. The van der Waals surface area contributed by atoms with E-state index in [4.69, 9.17) is 11.6 Å². The number of nitrogens with one attached hydrogen (secondary N) is 1. The summed E-state index contributed by atoms with van der Waals surface area (Å²) in [5, 5.41) is 9.09. The number of amides is 1. The predicted molar refractivity (Wildman–Crippen MR) is 120 cm³/mol. The summed E-state index contributed by atoms with van der Waals surface area (Å²) in [5.41, 5.74) is 1.44. The van der Waals surface area contributed by atoms with Crippen LogP contribution in [0, 0.1) is 0 Å². The summed E-state index contributed by atoms with van der Waals surface area (Å²) in [7, 11) is -3.80. The molecule has 1 aliphatic heterocycles. The van der Waals surface area contributed by atoms with Crippen LogP contribution in [0.4, 0.5) is 11.5 Å². The van der Waals surface area contributed by atoms with Crippen LogP contribution in [0.15, 0.2) is 77.8 Å². The van der Waals surface area contributed by atoms with E-state index in [-0.39, 0.29) is 11.4 Å². The Balaban J connectivity index is 1.38. The van der Waals surface area contributed by atoms with Gasteiger partial charge in [-0.15, -0.1) is 0 Å². The van der Waals surface area contributed by atoms with E-state index in [1.807, 2.05) is 30.3 Å². The van der Waals surface area contributed by atoms with Crippen LogP contribution in [0.5, 0.6) is 0 Å². The van der Waals surface area contributed by atoms with E-state index in [1.54, 1.807) is 47.3 Å². The number of anilines is 2. The molecule has 156 valence electrons. The second-order valence-electron chi connectivity index (χ2n) is 7.20. The highest BCUT2D eigenvalue weighted by atomic mass is 35.5. The van der Waals surface area contributed by atoms with Gasteiger partial charge in [0, 0.05) is 16.5 Å². The molecular weight excluding hydrogens is 436 g/mol. The Bertz CT molecular complexity index is 1430. The van der Waals surface area contributed by atoms with Crippen molar-refractivity contribution in [3.8, 4) is 0 Å². The maximum Gasteiger partial charge on any atom is 0.265 e. The van der Waals surface area contributed by atoms with Crippen molar-refractivity contribution >= 4 is 49.8 Å². The van der Waals surface area contributed by atoms with Crippen LogP contribution in [0.2, 0.25) is 5.02 Å². The lowest BCUT2D eigenvalue weighted by atomic mass is 10.1. The summed E-state index contributed by atoms with van der Waals surface area (Å²) in [6.07, 6.45) is 1.57. The number of sulfonamides is 1. The normalized spacial score (nSPS) is 14.2. The van der Waals surface area contributed by atoms with Crippen molar-refractivity contribution in [1.29, 1.82) is 0 Å².